The molecule has 3 rings (SSSR count). The molecule has 2 aliphatic rings. The zero-order chi connectivity index (χ0) is 18.9. The Hall–Kier alpha value is -1.92. The Kier molecular flexibility index (Phi) is 5.08. The summed E-state index contributed by atoms with van der Waals surface area (Å²) in [4.78, 5) is 14.5. The van der Waals surface area contributed by atoms with Crippen LogP contribution < -0.4 is 4.90 Å². The number of benzene rings is 1. The molecule has 2 aliphatic heterocycles. The van der Waals surface area contributed by atoms with E-state index in [1.807, 2.05) is 0 Å². The van der Waals surface area contributed by atoms with Crippen LogP contribution in [0.2, 0.25) is 0 Å². The monoisotopic (exact) mass is 378 g/mol. The van der Waals surface area contributed by atoms with Crippen LogP contribution in [0.3, 0.4) is 0 Å². The van der Waals surface area contributed by atoms with E-state index in [0.29, 0.717) is 37.3 Å². The van der Waals surface area contributed by atoms with Gasteiger partial charge in [0.25, 0.3) is 11.7 Å². The van der Waals surface area contributed by atoms with E-state index in [-0.39, 0.29) is 4.90 Å². The van der Waals surface area contributed by atoms with Crippen molar-refractivity contribution in [2.45, 2.75) is 29.9 Å². The smallest absolute Gasteiger partial charge is 0.292 e. The van der Waals surface area contributed by atoms with Crippen molar-refractivity contribution < 1.29 is 22.7 Å². The van der Waals surface area contributed by atoms with Crippen LogP contribution in [0.5, 0.6) is 0 Å². The number of anilines is 1. The fourth-order valence-electron chi connectivity index (χ4n) is 3.53. The maximum absolute atomic E-state index is 12.9. The van der Waals surface area contributed by atoms with Gasteiger partial charge in [0.15, 0.2) is 0 Å². The third kappa shape index (κ3) is 2.72. The third-order valence-corrected chi connectivity index (χ3v) is 6.79. The summed E-state index contributed by atoms with van der Waals surface area (Å²) in [5.74, 6) is 0.424. The predicted octanol–water partition coefficient (Wildman–Crippen LogP) is 1.29. The van der Waals surface area contributed by atoms with Gasteiger partial charge in [0.2, 0.25) is 10.0 Å². The van der Waals surface area contributed by atoms with E-state index >= 15 is 0 Å². The van der Waals surface area contributed by atoms with Crippen LogP contribution in [0.15, 0.2) is 23.1 Å². The van der Waals surface area contributed by atoms with Crippen molar-refractivity contribution in [3.63, 3.8) is 0 Å². The van der Waals surface area contributed by atoms with Crippen LogP contribution in [0.1, 0.15) is 24.8 Å². The fraction of sp³-hybridized carbons (Fsp3) is 0.500. The summed E-state index contributed by atoms with van der Waals surface area (Å²) >= 11 is 0. The molecular formula is C18H22N2O5S. The fourth-order valence-corrected chi connectivity index (χ4v) is 5.07. The number of methoxy groups -OCH3 is 2. The molecule has 0 bridgehead atoms. The Bertz CT molecular complexity index is 849. The predicted molar refractivity (Wildman–Crippen MR) is 95.9 cm³/mol. The lowest BCUT2D eigenvalue weighted by atomic mass is 10.1. The molecule has 1 aromatic rings. The van der Waals surface area contributed by atoms with E-state index in [4.69, 9.17) is 15.9 Å². The van der Waals surface area contributed by atoms with Crippen molar-refractivity contribution >= 4 is 21.6 Å². The van der Waals surface area contributed by atoms with Gasteiger partial charge in [-0.15, -0.1) is 12.3 Å². The third-order valence-electron chi connectivity index (χ3n) is 4.90. The molecule has 0 N–H and O–H groups in total. The van der Waals surface area contributed by atoms with Gasteiger partial charge >= 0.3 is 0 Å². The summed E-state index contributed by atoms with van der Waals surface area (Å²) in [6.45, 7) is 1.31. The number of carbonyl (C=O) groups is 1. The van der Waals surface area contributed by atoms with E-state index in [2.05, 4.69) is 5.92 Å². The molecule has 1 saturated heterocycles. The van der Waals surface area contributed by atoms with Crippen LogP contribution >= 0.6 is 0 Å². The Morgan fingerprint density at radius 1 is 1.23 bits per heavy atom. The van der Waals surface area contributed by atoms with Crippen LogP contribution in [0.4, 0.5) is 5.69 Å². The first-order chi connectivity index (χ1) is 12.4. The van der Waals surface area contributed by atoms with Gasteiger partial charge in [-0.2, -0.15) is 4.31 Å². The number of fused-ring (bicyclic) bond motifs is 1. The van der Waals surface area contributed by atoms with Crippen molar-refractivity contribution in [3.8, 4) is 12.3 Å². The largest absolute Gasteiger partial charge is 0.342 e. The van der Waals surface area contributed by atoms with Gasteiger partial charge in [-0.05, 0) is 31.0 Å². The molecule has 0 aromatic heterocycles. The molecule has 140 valence electrons. The number of nitrogens with zero attached hydrogens (tertiary/aromatic N) is 2. The molecule has 0 unspecified atom stereocenters. The quantitative estimate of drug-likeness (QED) is 0.551. The zero-order valence-corrected chi connectivity index (χ0v) is 15.7. The van der Waals surface area contributed by atoms with Crippen molar-refractivity contribution in [1.82, 2.24) is 4.31 Å². The first-order valence-electron chi connectivity index (χ1n) is 8.43. The van der Waals surface area contributed by atoms with Gasteiger partial charge in [0.1, 0.15) is 0 Å². The highest BCUT2D eigenvalue weighted by Gasteiger charge is 2.53. The van der Waals surface area contributed by atoms with Crippen LogP contribution in [0.25, 0.3) is 0 Å². The second-order valence-corrected chi connectivity index (χ2v) is 8.16. The molecule has 8 heteroatoms. The molecule has 2 heterocycles. The van der Waals surface area contributed by atoms with Gasteiger partial charge in [-0.3, -0.25) is 4.79 Å². The minimum atomic E-state index is -3.62. The number of hydrogen-bond donors (Lipinski definition) is 0. The highest BCUT2D eigenvalue weighted by molar-refractivity contribution is 7.89. The summed E-state index contributed by atoms with van der Waals surface area (Å²) < 4.78 is 38.0. The SMILES string of the molecule is C#CCCN1C(=O)C(OC)(OC)c2cc(S(=O)(=O)N3CCCC3)ccc21. The first-order valence-corrected chi connectivity index (χ1v) is 9.87. The van der Waals surface area contributed by atoms with Gasteiger partial charge in [-0.25, -0.2) is 8.42 Å². The zero-order valence-electron chi connectivity index (χ0n) is 14.9. The normalized spacial score (nSPS) is 19.6. The Morgan fingerprint density at radius 2 is 1.88 bits per heavy atom. The molecule has 1 fully saturated rings. The number of ether oxygens (including phenoxy) is 2. The molecule has 1 amide bonds. The summed E-state index contributed by atoms with van der Waals surface area (Å²) in [5, 5.41) is 0. The van der Waals surface area contributed by atoms with Crippen molar-refractivity contribution in [3.05, 3.63) is 23.8 Å². The lowest BCUT2D eigenvalue weighted by molar-refractivity contribution is -0.209. The molecule has 0 saturated carbocycles. The lowest BCUT2D eigenvalue weighted by Gasteiger charge is -2.25. The minimum Gasteiger partial charge on any atom is -0.342 e. The van der Waals surface area contributed by atoms with E-state index in [0.717, 1.165) is 12.8 Å². The Morgan fingerprint density at radius 3 is 2.46 bits per heavy atom. The van der Waals surface area contributed by atoms with E-state index in [1.165, 1.54) is 35.6 Å². The van der Waals surface area contributed by atoms with E-state index < -0.39 is 21.7 Å². The molecule has 7 nitrogen and oxygen atoms in total. The molecule has 1 aromatic carbocycles. The summed E-state index contributed by atoms with van der Waals surface area (Å²) in [5.41, 5.74) is 0.930. The standard InChI is InChI=1S/C18H22N2O5S/c1-4-5-12-20-16-9-8-14(26(22,23)19-10-6-7-11-19)13-15(16)18(24-2,25-3)17(20)21/h1,8-9,13H,5-7,10-12H2,2-3H3. The number of amides is 1. The highest BCUT2D eigenvalue weighted by atomic mass is 32.2. The maximum atomic E-state index is 12.9. The van der Waals surface area contributed by atoms with Crippen molar-refractivity contribution in [2.75, 3.05) is 38.8 Å². The number of terminal acetylenes is 1. The molecule has 0 aliphatic carbocycles. The first kappa shape index (κ1) is 18.9. The summed E-state index contributed by atoms with van der Waals surface area (Å²) in [6, 6.07) is 4.61. The van der Waals surface area contributed by atoms with E-state index in [1.54, 1.807) is 6.07 Å². The van der Waals surface area contributed by atoms with Crippen LogP contribution in [0, 0.1) is 12.3 Å². The minimum absolute atomic E-state index is 0.128. The maximum Gasteiger partial charge on any atom is 0.292 e. The average molecular weight is 378 g/mol. The summed E-state index contributed by atoms with van der Waals surface area (Å²) in [7, 11) is -0.901. The average Bonchev–Trinajstić information content (AvgIpc) is 3.26. The van der Waals surface area contributed by atoms with Gasteiger partial charge < -0.3 is 14.4 Å². The Balaban J connectivity index is 2.10. The van der Waals surface area contributed by atoms with E-state index in [9.17, 15) is 13.2 Å². The topological polar surface area (TPSA) is 76.1 Å². The molecule has 0 radical (unpaired) electrons. The van der Waals surface area contributed by atoms with Crippen LogP contribution in [-0.2, 0) is 30.1 Å². The second kappa shape index (κ2) is 7.00. The van der Waals surface area contributed by atoms with Crippen LogP contribution in [-0.4, -0.2) is 52.5 Å². The molecule has 0 atom stereocenters. The summed E-state index contributed by atoms with van der Waals surface area (Å²) in [6.07, 6.45) is 7.38. The number of hydrogen-bond acceptors (Lipinski definition) is 5. The Labute approximate surface area is 153 Å². The van der Waals surface area contributed by atoms with Gasteiger partial charge in [0.05, 0.1) is 10.6 Å². The lowest BCUT2D eigenvalue weighted by Crippen LogP contribution is -2.43. The highest BCUT2D eigenvalue weighted by Crippen LogP contribution is 2.44. The number of carbonyl (C=O) groups excluding carboxylic acids is 1. The second-order valence-electron chi connectivity index (χ2n) is 6.23. The number of rotatable bonds is 6. The molecular weight excluding hydrogens is 356 g/mol. The number of sulfonamides is 1. The van der Waals surface area contributed by atoms with Crippen molar-refractivity contribution in [1.29, 1.82) is 0 Å². The molecule has 0 spiro atoms. The van der Waals surface area contributed by atoms with Gasteiger partial charge in [0, 0.05) is 45.8 Å². The van der Waals surface area contributed by atoms with Crippen molar-refractivity contribution in [2.24, 2.45) is 0 Å². The molecule has 26 heavy (non-hydrogen) atoms. The van der Waals surface area contributed by atoms with Gasteiger partial charge in [-0.1, -0.05) is 0 Å².